The number of sulfonamides is 1. The van der Waals surface area contributed by atoms with E-state index in [4.69, 9.17) is 5.11 Å². The summed E-state index contributed by atoms with van der Waals surface area (Å²) in [6.45, 7) is 3.25. The molecule has 0 saturated carbocycles. The van der Waals surface area contributed by atoms with Crippen molar-refractivity contribution in [3.8, 4) is 0 Å². The zero-order chi connectivity index (χ0) is 9.07. The van der Waals surface area contributed by atoms with Gasteiger partial charge in [0.25, 0.3) is 0 Å². The molecule has 0 aromatic carbocycles. The van der Waals surface area contributed by atoms with E-state index in [0.717, 1.165) is 0 Å². The van der Waals surface area contributed by atoms with Gasteiger partial charge in [-0.1, -0.05) is 0 Å². The SMILES string of the molecule is CC(C)NS(=O)(=O)CC(=O)O. The van der Waals surface area contributed by atoms with Crippen LogP contribution in [-0.4, -0.2) is 31.3 Å². The molecule has 0 amide bonds. The van der Waals surface area contributed by atoms with Crippen LogP contribution in [0.3, 0.4) is 0 Å². The molecule has 66 valence electrons. The molecule has 0 saturated heterocycles. The van der Waals surface area contributed by atoms with Crippen molar-refractivity contribution in [3.05, 3.63) is 0 Å². The Labute approximate surface area is 65.5 Å². The molecule has 0 rings (SSSR count). The van der Waals surface area contributed by atoms with Crippen LogP contribution in [0.1, 0.15) is 13.8 Å². The summed E-state index contributed by atoms with van der Waals surface area (Å²) in [6.07, 6.45) is 0. The van der Waals surface area contributed by atoms with Crippen LogP contribution in [0.5, 0.6) is 0 Å². The van der Waals surface area contributed by atoms with Crippen molar-refractivity contribution in [2.45, 2.75) is 19.9 Å². The first-order valence-corrected chi connectivity index (χ1v) is 4.70. The van der Waals surface area contributed by atoms with Gasteiger partial charge in [0.15, 0.2) is 5.75 Å². The molecule has 0 aliphatic heterocycles. The van der Waals surface area contributed by atoms with Gasteiger partial charge in [-0.25, -0.2) is 13.1 Å². The minimum atomic E-state index is -3.63. The Kier molecular flexibility index (Phi) is 3.47. The lowest BCUT2D eigenvalue weighted by Crippen LogP contribution is -2.34. The minimum absolute atomic E-state index is 0.264. The van der Waals surface area contributed by atoms with Gasteiger partial charge < -0.3 is 5.11 Å². The number of carboxylic acids is 1. The van der Waals surface area contributed by atoms with Crippen LogP contribution in [0.2, 0.25) is 0 Å². The van der Waals surface area contributed by atoms with Crippen LogP contribution in [0.15, 0.2) is 0 Å². The van der Waals surface area contributed by atoms with E-state index < -0.39 is 21.7 Å². The lowest BCUT2D eigenvalue weighted by molar-refractivity contribution is -0.134. The second-order valence-corrected chi connectivity index (χ2v) is 4.18. The molecular weight excluding hydrogens is 170 g/mol. The normalized spacial score (nSPS) is 11.9. The minimum Gasteiger partial charge on any atom is -0.480 e. The summed E-state index contributed by atoms with van der Waals surface area (Å²) in [6, 6.07) is -0.264. The third kappa shape index (κ3) is 5.81. The standard InChI is InChI=1S/C5H11NO4S/c1-4(2)6-11(9,10)3-5(7)8/h4,6H,3H2,1-2H3,(H,7,8). The van der Waals surface area contributed by atoms with Crippen molar-refractivity contribution in [2.24, 2.45) is 0 Å². The number of carbonyl (C=O) groups is 1. The number of hydrogen-bond donors (Lipinski definition) is 2. The molecule has 0 aliphatic rings. The summed E-state index contributed by atoms with van der Waals surface area (Å²) in [5.74, 6) is -2.22. The van der Waals surface area contributed by atoms with E-state index in [1.807, 2.05) is 0 Å². The monoisotopic (exact) mass is 181 g/mol. The summed E-state index contributed by atoms with van der Waals surface area (Å²) in [4.78, 5) is 9.98. The molecule has 0 heterocycles. The Morgan fingerprint density at radius 3 is 2.27 bits per heavy atom. The third-order valence-corrected chi connectivity index (χ3v) is 2.19. The lowest BCUT2D eigenvalue weighted by Gasteiger charge is -2.06. The molecule has 0 aromatic rings. The van der Waals surface area contributed by atoms with Crippen LogP contribution in [-0.2, 0) is 14.8 Å². The van der Waals surface area contributed by atoms with Crippen molar-refractivity contribution in [1.29, 1.82) is 0 Å². The van der Waals surface area contributed by atoms with Gasteiger partial charge in [0.2, 0.25) is 10.0 Å². The maximum Gasteiger partial charge on any atom is 0.320 e. The number of aliphatic carboxylic acids is 1. The van der Waals surface area contributed by atoms with Crippen LogP contribution in [0, 0.1) is 0 Å². The molecule has 5 nitrogen and oxygen atoms in total. The van der Waals surface area contributed by atoms with Gasteiger partial charge in [-0.2, -0.15) is 0 Å². The van der Waals surface area contributed by atoms with Crippen molar-refractivity contribution in [2.75, 3.05) is 5.75 Å². The fourth-order valence-corrected chi connectivity index (χ4v) is 1.69. The second kappa shape index (κ2) is 3.68. The number of rotatable bonds is 4. The first-order valence-electron chi connectivity index (χ1n) is 3.05. The fourth-order valence-electron chi connectivity index (χ4n) is 0.563. The summed E-state index contributed by atoms with van der Waals surface area (Å²) in [5.41, 5.74) is 0. The fraction of sp³-hybridized carbons (Fsp3) is 0.800. The van der Waals surface area contributed by atoms with Crippen molar-refractivity contribution in [3.63, 3.8) is 0 Å². The summed E-state index contributed by atoms with van der Waals surface area (Å²) < 4.78 is 23.7. The first-order chi connectivity index (χ1) is 4.83. The van der Waals surface area contributed by atoms with Gasteiger partial charge in [0.05, 0.1) is 0 Å². The molecule has 6 heteroatoms. The van der Waals surface area contributed by atoms with Crippen molar-refractivity contribution < 1.29 is 18.3 Å². The van der Waals surface area contributed by atoms with Crippen LogP contribution >= 0.6 is 0 Å². The molecule has 0 aliphatic carbocycles. The third-order valence-electron chi connectivity index (χ3n) is 0.729. The molecule has 0 radical (unpaired) electrons. The van der Waals surface area contributed by atoms with Gasteiger partial charge in [0, 0.05) is 6.04 Å². The molecular formula is C5H11NO4S. The Hall–Kier alpha value is -0.620. The Morgan fingerprint density at radius 1 is 1.55 bits per heavy atom. The summed E-state index contributed by atoms with van der Waals surface area (Å²) in [7, 11) is -3.63. The lowest BCUT2D eigenvalue weighted by atomic mass is 10.4. The number of hydrogen-bond acceptors (Lipinski definition) is 3. The van der Waals surface area contributed by atoms with Gasteiger partial charge >= 0.3 is 5.97 Å². The zero-order valence-corrected chi connectivity index (χ0v) is 7.18. The Bertz CT molecular complexity index is 231. The predicted octanol–water partition coefficient (Wildman–Crippen LogP) is -0.601. The smallest absolute Gasteiger partial charge is 0.320 e. The van der Waals surface area contributed by atoms with Gasteiger partial charge in [-0.3, -0.25) is 4.79 Å². The van der Waals surface area contributed by atoms with Crippen LogP contribution in [0.4, 0.5) is 0 Å². The molecule has 0 bridgehead atoms. The molecule has 0 spiro atoms. The van der Waals surface area contributed by atoms with Crippen LogP contribution in [0.25, 0.3) is 0 Å². The van der Waals surface area contributed by atoms with E-state index in [1.165, 1.54) is 0 Å². The molecule has 0 aromatic heterocycles. The van der Waals surface area contributed by atoms with Gasteiger partial charge in [-0.05, 0) is 13.8 Å². The highest BCUT2D eigenvalue weighted by Crippen LogP contribution is 1.87. The summed E-state index contributed by atoms with van der Waals surface area (Å²) in [5, 5.41) is 8.14. The van der Waals surface area contributed by atoms with E-state index in [1.54, 1.807) is 13.8 Å². The molecule has 11 heavy (non-hydrogen) atoms. The van der Waals surface area contributed by atoms with Crippen molar-refractivity contribution in [1.82, 2.24) is 4.72 Å². The maximum absolute atomic E-state index is 10.8. The molecule has 0 unspecified atom stereocenters. The number of carboxylic acid groups (broad SMARTS) is 1. The van der Waals surface area contributed by atoms with Crippen molar-refractivity contribution >= 4 is 16.0 Å². The topological polar surface area (TPSA) is 83.5 Å². The second-order valence-electron chi connectivity index (χ2n) is 2.43. The highest BCUT2D eigenvalue weighted by Gasteiger charge is 2.15. The van der Waals surface area contributed by atoms with E-state index in [0.29, 0.717) is 0 Å². The predicted molar refractivity (Wildman–Crippen MR) is 39.7 cm³/mol. The molecule has 0 atom stereocenters. The van der Waals surface area contributed by atoms with E-state index in [-0.39, 0.29) is 6.04 Å². The van der Waals surface area contributed by atoms with E-state index >= 15 is 0 Å². The number of nitrogens with one attached hydrogen (secondary N) is 1. The highest BCUT2D eigenvalue weighted by molar-refractivity contribution is 7.90. The van der Waals surface area contributed by atoms with E-state index in [2.05, 4.69) is 4.72 Å². The van der Waals surface area contributed by atoms with E-state index in [9.17, 15) is 13.2 Å². The highest BCUT2D eigenvalue weighted by atomic mass is 32.2. The van der Waals surface area contributed by atoms with Gasteiger partial charge in [-0.15, -0.1) is 0 Å². The summed E-state index contributed by atoms with van der Waals surface area (Å²) >= 11 is 0. The Morgan fingerprint density at radius 2 is 2.00 bits per heavy atom. The zero-order valence-electron chi connectivity index (χ0n) is 6.36. The Balaban J connectivity index is 4.14. The van der Waals surface area contributed by atoms with Crippen LogP contribution < -0.4 is 4.72 Å². The average Bonchev–Trinajstić information content (AvgIpc) is 1.53. The largest absolute Gasteiger partial charge is 0.480 e. The molecule has 2 N–H and O–H groups in total. The quantitative estimate of drug-likeness (QED) is 0.606. The average molecular weight is 181 g/mol. The van der Waals surface area contributed by atoms with Gasteiger partial charge in [0.1, 0.15) is 0 Å². The maximum atomic E-state index is 10.8. The first kappa shape index (κ1) is 10.4. The molecule has 0 fully saturated rings.